The third-order valence-corrected chi connectivity index (χ3v) is 4.24. The first kappa shape index (κ1) is 20.4. The van der Waals surface area contributed by atoms with E-state index in [1.807, 2.05) is 0 Å². The van der Waals surface area contributed by atoms with Crippen LogP contribution < -0.4 is 10.6 Å². The van der Waals surface area contributed by atoms with Gasteiger partial charge in [0.05, 0.1) is 28.2 Å². The Bertz CT molecular complexity index is 1050. The van der Waals surface area contributed by atoms with Gasteiger partial charge in [-0.1, -0.05) is 35.3 Å². The molecule has 1 aromatic heterocycles. The lowest BCUT2D eigenvalue weighted by Gasteiger charge is -2.11. The lowest BCUT2D eigenvalue weighted by atomic mass is 10.1. The van der Waals surface area contributed by atoms with Gasteiger partial charge >= 0.3 is 5.97 Å². The Labute approximate surface area is 175 Å². The molecule has 0 aliphatic carbocycles. The predicted molar refractivity (Wildman–Crippen MR) is 108 cm³/mol. The number of hydrogen-bond donors (Lipinski definition) is 2. The Kier molecular flexibility index (Phi) is 6.54. The highest BCUT2D eigenvalue weighted by Crippen LogP contribution is 2.25. The van der Waals surface area contributed by atoms with Crippen LogP contribution in [0.5, 0.6) is 0 Å². The highest BCUT2D eigenvalue weighted by atomic mass is 35.5. The quantitative estimate of drug-likeness (QED) is 0.553. The van der Waals surface area contributed by atoms with Crippen molar-refractivity contribution >= 4 is 52.4 Å². The van der Waals surface area contributed by atoms with Crippen LogP contribution >= 0.6 is 23.2 Å². The molecule has 0 bridgehead atoms. The van der Waals surface area contributed by atoms with E-state index in [1.54, 1.807) is 24.3 Å². The van der Waals surface area contributed by atoms with Crippen molar-refractivity contribution in [3.8, 4) is 0 Å². The summed E-state index contributed by atoms with van der Waals surface area (Å²) in [6.45, 7) is -0.553. The molecule has 9 heteroatoms. The van der Waals surface area contributed by atoms with Gasteiger partial charge in [-0.25, -0.2) is 4.79 Å². The maximum Gasteiger partial charge on any atom is 0.340 e. The Morgan fingerprint density at radius 1 is 0.931 bits per heavy atom. The lowest BCUT2D eigenvalue weighted by Crippen LogP contribution is -2.22. The van der Waals surface area contributed by atoms with Crippen LogP contribution in [0.2, 0.25) is 10.0 Å². The van der Waals surface area contributed by atoms with Crippen LogP contribution in [0.15, 0.2) is 65.3 Å². The van der Waals surface area contributed by atoms with E-state index in [2.05, 4.69) is 10.6 Å². The largest absolute Gasteiger partial charge is 0.459 e. The molecule has 0 atom stereocenters. The van der Waals surface area contributed by atoms with Crippen LogP contribution in [0.1, 0.15) is 20.9 Å². The summed E-state index contributed by atoms with van der Waals surface area (Å²) in [6.07, 6.45) is 1.36. The first-order valence-electron chi connectivity index (χ1n) is 8.30. The van der Waals surface area contributed by atoms with Crippen LogP contribution in [-0.4, -0.2) is 24.4 Å². The molecule has 0 aliphatic heterocycles. The number of ether oxygens (including phenoxy) is 1. The standard InChI is InChI=1S/C20H14Cl2N2O5/c21-12-7-8-14(22)16(10-12)23-18(25)11-29-20(27)13-4-1-2-5-15(13)24-19(26)17-6-3-9-28-17/h1-10H,11H2,(H,23,25)(H,24,26). The molecule has 148 valence electrons. The molecule has 0 aliphatic rings. The second kappa shape index (κ2) is 9.27. The van der Waals surface area contributed by atoms with Crippen LogP contribution in [-0.2, 0) is 9.53 Å². The number of anilines is 2. The molecule has 3 aromatic rings. The van der Waals surface area contributed by atoms with Gasteiger partial charge < -0.3 is 19.8 Å². The molecular weight excluding hydrogens is 419 g/mol. The maximum atomic E-state index is 12.4. The Morgan fingerprint density at radius 3 is 2.48 bits per heavy atom. The summed E-state index contributed by atoms with van der Waals surface area (Å²) in [5.41, 5.74) is 0.601. The molecule has 7 nitrogen and oxygen atoms in total. The molecule has 0 fully saturated rings. The molecule has 2 aromatic carbocycles. The first-order valence-corrected chi connectivity index (χ1v) is 9.05. The van der Waals surface area contributed by atoms with Crippen molar-refractivity contribution < 1.29 is 23.5 Å². The number of carbonyl (C=O) groups excluding carboxylic acids is 3. The number of furan rings is 1. The monoisotopic (exact) mass is 432 g/mol. The van der Waals surface area contributed by atoms with E-state index in [4.69, 9.17) is 32.4 Å². The second-order valence-corrected chi connectivity index (χ2v) is 6.57. The van der Waals surface area contributed by atoms with Crippen molar-refractivity contribution in [3.63, 3.8) is 0 Å². The zero-order chi connectivity index (χ0) is 20.8. The van der Waals surface area contributed by atoms with Crippen LogP contribution in [0.3, 0.4) is 0 Å². The number of rotatable bonds is 6. The number of benzene rings is 2. The number of amides is 2. The first-order chi connectivity index (χ1) is 13.9. The topological polar surface area (TPSA) is 97.6 Å². The lowest BCUT2D eigenvalue weighted by molar-refractivity contribution is -0.119. The number of nitrogens with one attached hydrogen (secondary N) is 2. The van der Waals surface area contributed by atoms with Crippen molar-refractivity contribution in [2.45, 2.75) is 0 Å². The highest BCUT2D eigenvalue weighted by molar-refractivity contribution is 6.35. The summed E-state index contributed by atoms with van der Waals surface area (Å²) in [6, 6.07) is 13.9. The molecule has 0 saturated heterocycles. The van der Waals surface area contributed by atoms with Gasteiger partial charge in [-0.15, -0.1) is 0 Å². The molecule has 3 rings (SSSR count). The number of esters is 1. The molecule has 0 saturated carbocycles. The summed E-state index contributed by atoms with van der Waals surface area (Å²) in [5.74, 6) is -1.82. The van der Waals surface area contributed by atoms with Gasteiger partial charge in [-0.05, 0) is 42.5 Å². The zero-order valence-electron chi connectivity index (χ0n) is 14.8. The van der Waals surface area contributed by atoms with Crippen molar-refractivity contribution in [3.05, 3.63) is 82.2 Å². The average Bonchev–Trinajstić information content (AvgIpc) is 3.24. The third-order valence-electron chi connectivity index (χ3n) is 3.68. The van der Waals surface area contributed by atoms with E-state index >= 15 is 0 Å². The number of halogens is 2. The molecule has 0 spiro atoms. The number of hydrogen-bond acceptors (Lipinski definition) is 5. The molecule has 2 amide bonds. The highest BCUT2D eigenvalue weighted by Gasteiger charge is 2.18. The second-order valence-electron chi connectivity index (χ2n) is 5.73. The summed E-state index contributed by atoms with van der Waals surface area (Å²) >= 11 is 11.8. The van der Waals surface area contributed by atoms with Gasteiger partial charge in [0.25, 0.3) is 11.8 Å². The normalized spacial score (nSPS) is 10.3. The fourth-order valence-electron chi connectivity index (χ4n) is 2.35. The summed E-state index contributed by atoms with van der Waals surface area (Å²) in [7, 11) is 0. The van der Waals surface area contributed by atoms with Gasteiger partial charge in [-0.2, -0.15) is 0 Å². The van der Waals surface area contributed by atoms with Crippen LogP contribution in [0.25, 0.3) is 0 Å². The fourth-order valence-corrected chi connectivity index (χ4v) is 2.69. The summed E-state index contributed by atoms with van der Waals surface area (Å²) in [4.78, 5) is 36.6. The van der Waals surface area contributed by atoms with E-state index in [9.17, 15) is 14.4 Å². The average molecular weight is 433 g/mol. The van der Waals surface area contributed by atoms with Crippen LogP contribution in [0, 0.1) is 0 Å². The van der Waals surface area contributed by atoms with Gasteiger partial charge in [0, 0.05) is 5.02 Å². The SMILES string of the molecule is O=C(COC(=O)c1ccccc1NC(=O)c1ccco1)Nc1cc(Cl)ccc1Cl. The minimum atomic E-state index is -0.785. The Morgan fingerprint density at radius 2 is 1.72 bits per heavy atom. The minimum Gasteiger partial charge on any atom is -0.459 e. The van der Waals surface area contributed by atoms with Crippen LogP contribution in [0.4, 0.5) is 11.4 Å². The molecule has 29 heavy (non-hydrogen) atoms. The zero-order valence-corrected chi connectivity index (χ0v) is 16.3. The Hall–Kier alpha value is -3.29. The van der Waals surface area contributed by atoms with Gasteiger partial charge in [0.2, 0.25) is 0 Å². The van der Waals surface area contributed by atoms with Gasteiger partial charge in [0.15, 0.2) is 12.4 Å². The minimum absolute atomic E-state index is 0.0843. The smallest absolute Gasteiger partial charge is 0.340 e. The van der Waals surface area contributed by atoms with Crippen molar-refractivity contribution in [2.24, 2.45) is 0 Å². The summed E-state index contributed by atoms with van der Waals surface area (Å²) < 4.78 is 10.1. The third kappa shape index (κ3) is 5.37. The van der Waals surface area contributed by atoms with Gasteiger partial charge in [-0.3, -0.25) is 9.59 Å². The van der Waals surface area contributed by atoms with E-state index in [0.717, 1.165) is 0 Å². The molecule has 0 unspecified atom stereocenters. The van der Waals surface area contributed by atoms with Gasteiger partial charge in [0.1, 0.15) is 0 Å². The van der Waals surface area contributed by atoms with Crippen molar-refractivity contribution in [1.29, 1.82) is 0 Å². The molecule has 0 radical (unpaired) electrons. The van der Waals surface area contributed by atoms with Crippen molar-refractivity contribution in [2.75, 3.05) is 17.2 Å². The van der Waals surface area contributed by atoms with E-state index in [1.165, 1.54) is 36.6 Å². The summed E-state index contributed by atoms with van der Waals surface area (Å²) in [5, 5.41) is 5.76. The molecule has 2 N–H and O–H groups in total. The Balaban J connectivity index is 1.63. The molecular formula is C20H14Cl2N2O5. The maximum absolute atomic E-state index is 12.4. The van der Waals surface area contributed by atoms with Crippen molar-refractivity contribution in [1.82, 2.24) is 0 Å². The van der Waals surface area contributed by atoms with E-state index in [0.29, 0.717) is 15.7 Å². The van der Waals surface area contributed by atoms with E-state index < -0.39 is 24.4 Å². The van der Waals surface area contributed by atoms with E-state index in [-0.39, 0.29) is 17.0 Å². The number of para-hydroxylation sites is 1. The fraction of sp³-hybridized carbons (Fsp3) is 0.0500. The molecule has 1 heterocycles. The predicted octanol–water partition coefficient (Wildman–Crippen LogP) is 4.63. The number of carbonyl (C=O) groups is 3.